The number of aromatic hydroxyl groups is 1. The smallest absolute Gasteiger partial charge is 0.138 e. The normalized spacial score (nSPS) is 11.3. The first-order valence-corrected chi connectivity index (χ1v) is 12.7. The second-order valence-corrected chi connectivity index (χ2v) is 11.6. The van der Waals surface area contributed by atoms with Gasteiger partial charge in [0.15, 0.2) is 0 Å². The van der Waals surface area contributed by atoms with Crippen molar-refractivity contribution in [3.8, 4) is 22.6 Å². The van der Waals surface area contributed by atoms with Crippen molar-refractivity contribution in [1.82, 2.24) is 0 Å². The first kappa shape index (κ1) is 20.7. The van der Waals surface area contributed by atoms with E-state index in [1.54, 1.807) is 13.2 Å². The van der Waals surface area contributed by atoms with Gasteiger partial charge in [0, 0.05) is 11.1 Å². The summed E-state index contributed by atoms with van der Waals surface area (Å²) in [4.78, 5) is 0. The third-order valence-electron chi connectivity index (χ3n) is 5.49. The van der Waals surface area contributed by atoms with Gasteiger partial charge in [0.1, 0.15) is 34.7 Å². The first-order valence-electron chi connectivity index (χ1n) is 9.70. The van der Waals surface area contributed by atoms with Crippen molar-refractivity contribution in [3.63, 3.8) is 0 Å². The van der Waals surface area contributed by atoms with Crippen LogP contribution in [0.15, 0.2) is 102 Å². The number of hydrogen-bond acceptors (Lipinski definition) is 2. The molecule has 30 heavy (non-hydrogen) atoms. The molecule has 0 fully saturated rings. The van der Waals surface area contributed by atoms with Crippen LogP contribution in [0.3, 0.4) is 0 Å². The zero-order valence-corrected chi connectivity index (χ0v) is 19.4. The topological polar surface area (TPSA) is 29.5 Å². The molecular weight excluding hydrogens is 455 g/mol. The number of phenols is 1. The summed E-state index contributed by atoms with van der Waals surface area (Å²) in [7, 11) is -0.317. The van der Waals surface area contributed by atoms with Gasteiger partial charge in [-0.3, -0.25) is 0 Å². The second-order valence-electron chi connectivity index (χ2n) is 7.20. The number of phenolic OH excluding ortho intramolecular Hbond substituents is 1. The summed E-state index contributed by atoms with van der Waals surface area (Å²) in [5, 5.41) is 14.7. The van der Waals surface area contributed by atoms with Crippen molar-refractivity contribution in [1.29, 1.82) is 0 Å². The predicted octanol–water partition coefficient (Wildman–Crippen LogP) is 5.75. The minimum Gasteiger partial charge on any atom is -0.506 e. The number of methoxy groups -OCH3 is 1. The maximum Gasteiger partial charge on any atom is 0.138 e. The molecule has 0 aliphatic carbocycles. The highest BCUT2D eigenvalue weighted by molar-refractivity contribution is 9.10. The summed E-state index contributed by atoms with van der Waals surface area (Å²) in [6, 6.07) is 33.4. The van der Waals surface area contributed by atoms with Crippen LogP contribution in [0.5, 0.6) is 11.5 Å². The molecule has 0 bridgehead atoms. The fourth-order valence-corrected chi connectivity index (χ4v) is 7.76. The fourth-order valence-electron chi connectivity index (χ4n) is 3.87. The van der Waals surface area contributed by atoms with Gasteiger partial charge < -0.3 is 9.84 Å². The van der Waals surface area contributed by atoms with Crippen LogP contribution in [0.4, 0.5) is 0 Å². The summed E-state index contributed by atoms with van der Waals surface area (Å²) in [5.74, 6) is 0.917. The van der Waals surface area contributed by atoms with Gasteiger partial charge in [0.25, 0.3) is 0 Å². The Balaban J connectivity index is 2.04. The average molecular weight is 478 g/mol. The maximum absolute atomic E-state index is 10.9. The molecule has 0 aliphatic heterocycles. The largest absolute Gasteiger partial charge is 0.506 e. The van der Waals surface area contributed by atoms with Crippen molar-refractivity contribution < 1.29 is 9.84 Å². The third kappa shape index (κ3) is 3.64. The van der Waals surface area contributed by atoms with E-state index < -0.39 is 7.26 Å². The molecule has 0 saturated carbocycles. The Labute approximate surface area is 186 Å². The van der Waals surface area contributed by atoms with Crippen LogP contribution in [0.1, 0.15) is 0 Å². The zero-order valence-electron chi connectivity index (χ0n) is 16.9. The van der Waals surface area contributed by atoms with Crippen molar-refractivity contribution in [3.05, 3.63) is 102 Å². The van der Waals surface area contributed by atoms with Crippen molar-refractivity contribution in [2.45, 2.75) is 0 Å². The van der Waals surface area contributed by atoms with Crippen molar-refractivity contribution >= 4 is 39.1 Å². The molecule has 0 aromatic heterocycles. The van der Waals surface area contributed by atoms with Crippen LogP contribution in [-0.2, 0) is 0 Å². The predicted molar refractivity (Wildman–Crippen MR) is 132 cm³/mol. The van der Waals surface area contributed by atoms with E-state index in [0.717, 1.165) is 11.1 Å². The highest BCUT2D eigenvalue weighted by Crippen LogP contribution is 2.54. The number of rotatable bonds is 5. The summed E-state index contributed by atoms with van der Waals surface area (Å²) in [5.41, 5.74) is 1.77. The van der Waals surface area contributed by atoms with Crippen LogP contribution < -0.4 is 20.7 Å². The zero-order chi connectivity index (χ0) is 21.1. The highest BCUT2D eigenvalue weighted by atomic mass is 79.9. The molecule has 0 atom stereocenters. The molecule has 4 rings (SSSR count). The Kier molecular flexibility index (Phi) is 5.94. The van der Waals surface area contributed by atoms with Crippen LogP contribution in [-0.4, -0.2) is 18.9 Å². The Morgan fingerprint density at radius 2 is 1.27 bits per heavy atom. The van der Waals surface area contributed by atoms with E-state index in [-0.39, 0.29) is 5.75 Å². The molecule has 0 heterocycles. The molecule has 2 nitrogen and oxygen atoms in total. The molecule has 0 unspecified atom stereocenters. The van der Waals surface area contributed by atoms with Gasteiger partial charge in [0.2, 0.25) is 0 Å². The van der Waals surface area contributed by atoms with E-state index in [9.17, 15) is 5.11 Å². The summed E-state index contributed by atoms with van der Waals surface area (Å²) >= 11 is 3.48. The van der Waals surface area contributed by atoms with E-state index in [1.807, 2.05) is 12.1 Å². The minimum atomic E-state index is -1.96. The fraction of sp³-hybridized carbons (Fsp3) is 0.0769. The molecule has 0 amide bonds. The van der Waals surface area contributed by atoms with Gasteiger partial charge in [-0.1, -0.05) is 54.6 Å². The number of benzene rings is 4. The lowest BCUT2D eigenvalue weighted by atomic mass is 10.0. The molecule has 0 spiro atoms. The van der Waals surface area contributed by atoms with Gasteiger partial charge >= 0.3 is 0 Å². The van der Waals surface area contributed by atoms with Crippen molar-refractivity contribution in [2.75, 3.05) is 13.8 Å². The van der Waals surface area contributed by atoms with Gasteiger partial charge in [-0.05, 0) is 58.4 Å². The SMILES string of the molecule is COc1cc(Br)c(O)c(-c2ccccc2[P+](C)(c2ccccc2)c2ccccc2)c1. The molecule has 0 saturated heterocycles. The number of ether oxygens (including phenoxy) is 1. The quantitative estimate of drug-likeness (QED) is 0.370. The standard InChI is InChI=1S/C26H22BrO2P/c1-29-19-17-23(26(28)24(27)18-19)22-15-9-10-16-25(22)30(2,20-11-5-3-6-12-20)21-13-7-4-8-14-21/h3-18H,1-2H3/p+1. The molecular formula is C26H23BrO2P+. The molecule has 0 radical (unpaired) electrons. The average Bonchev–Trinajstić information content (AvgIpc) is 2.81. The van der Waals surface area contributed by atoms with E-state index in [1.165, 1.54) is 15.9 Å². The second kappa shape index (κ2) is 8.63. The molecule has 4 aromatic rings. The van der Waals surface area contributed by atoms with Crippen LogP contribution >= 0.6 is 23.2 Å². The lowest BCUT2D eigenvalue weighted by Crippen LogP contribution is -2.31. The molecule has 1 N–H and O–H groups in total. The van der Waals surface area contributed by atoms with Crippen LogP contribution in [0.2, 0.25) is 0 Å². The van der Waals surface area contributed by atoms with Crippen molar-refractivity contribution in [2.24, 2.45) is 0 Å². The van der Waals surface area contributed by atoms with E-state index in [0.29, 0.717) is 10.2 Å². The van der Waals surface area contributed by atoms with Gasteiger partial charge in [-0.25, -0.2) is 0 Å². The van der Waals surface area contributed by atoms with E-state index >= 15 is 0 Å². The Hall–Kier alpha value is -2.61. The molecule has 150 valence electrons. The lowest BCUT2D eigenvalue weighted by Gasteiger charge is -2.25. The third-order valence-corrected chi connectivity index (χ3v) is 10.1. The summed E-state index contributed by atoms with van der Waals surface area (Å²) in [6.07, 6.45) is 0. The van der Waals surface area contributed by atoms with Crippen LogP contribution in [0, 0.1) is 0 Å². The summed E-state index contributed by atoms with van der Waals surface area (Å²) < 4.78 is 6.09. The number of hydrogen-bond donors (Lipinski definition) is 1. The summed E-state index contributed by atoms with van der Waals surface area (Å²) in [6.45, 7) is 2.35. The monoisotopic (exact) mass is 477 g/mol. The van der Waals surface area contributed by atoms with Gasteiger partial charge in [-0.15, -0.1) is 0 Å². The van der Waals surface area contributed by atoms with Gasteiger partial charge in [0.05, 0.1) is 18.2 Å². The van der Waals surface area contributed by atoms with E-state index in [2.05, 4.69) is 101 Å². The number of halogens is 1. The maximum atomic E-state index is 10.9. The molecule has 4 aromatic carbocycles. The van der Waals surface area contributed by atoms with Crippen LogP contribution in [0.25, 0.3) is 11.1 Å². The van der Waals surface area contributed by atoms with E-state index in [4.69, 9.17) is 4.74 Å². The highest BCUT2D eigenvalue weighted by Gasteiger charge is 2.42. The first-order chi connectivity index (χ1) is 14.6. The Morgan fingerprint density at radius 1 is 0.733 bits per heavy atom. The lowest BCUT2D eigenvalue weighted by molar-refractivity contribution is 0.412. The Bertz CT molecular complexity index is 1120. The van der Waals surface area contributed by atoms with Gasteiger partial charge in [-0.2, -0.15) is 0 Å². The Morgan fingerprint density at radius 3 is 1.83 bits per heavy atom. The molecule has 4 heteroatoms. The minimum absolute atomic E-state index is 0.218. The molecule has 0 aliphatic rings.